The van der Waals surface area contributed by atoms with Crippen molar-refractivity contribution in [3.05, 3.63) is 212 Å². The molecule has 10 aromatic rings. The van der Waals surface area contributed by atoms with Crippen LogP contribution in [-0.4, -0.2) is 20.0 Å². The Balaban J connectivity index is 1.03. The zero-order valence-electron chi connectivity index (χ0n) is 32.0. The molecule has 0 bridgehead atoms. The summed E-state index contributed by atoms with van der Waals surface area (Å²) >= 11 is -3.50. The fourth-order valence-electron chi connectivity index (χ4n) is 9.81. The summed E-state index contributed by atoms with van der Waals surface area (Å²) in [4.78, 5) is 0. The van der Waals surface area contributed by atoms with Crippen LogP contribution in [0, 0.1) is 0 Å². The maximum atomic E-state index is 7.10. The van der Waals surface area contributed by atoms with Gasteiger partial charge in [0.15, 0.2) is 0 Å². The predicted octanol–water partition coefficient (Wildman–Crippen LogP) is 9.03. The minimum atomic E-state index is -3.50. The van der Waals surface area contributed by atoms with Gasteiger partial charge in [-0.1, -0.05) is 36.4 Å². The molecule has 5 heteroatoms. The predicted molar refractivity (Wildman–Crippen MR) is 246 cm³/mol. The van der Waals surface area contributed by atoms with E-state index in [1.54, 1.807) is 0 Å². The van der Waals surface area contributed by atoms with Crippen LogP contribution in [0.25, 0.3) is 44.2 Å². The molecule has 0 spiro atoms. The molecular weight excluding hydrogens is 780 g/mol. The molecule has 0 radical (unpaired) electrons. The topological polar surface area (TPSA) is 31.6 Å². The average Bonchev–Trinajstić information content (AvgIpc) is 3.70. The molecule has 3 heterocycles. The third-order valence-corrected chi connectivity index (χ3v) is 22.4. The molecule has 0 atom stereocenters. The SMILES string of the molecule is c1cc[c]([Ge]([c]2ccccc2)([c]2ccccc2)[c]2cccc(-c3cccc4c3oc3c(-c5cc6c7c(c5)Oc5ccccc5B7c5ccccc5O6)cccc34)c2)cc1. The van der Waals surface area contributed by atoms with E-state index in [1.807, 2.05) is 12.1 Å². The number of hydrogen-bond acceptors (Lipinski definition) is 3. The molecule has 0 aliphatic carbocycles. The first-order valence-electron chi connectivity index (χ1n) is 20.2. The van der Waals surface area contributed by atoms with Gasteiger partial charge in [0.05, 0.1) is 0 Å². The van der Waals surface area contributed by atoms with Crippen molar-refractivity contribution >= 4 is 75.9 Å². The van der Waals surface area contributed by atoms with E-state index in [0.29, 0.717) is 0 Å². The molecule has 9 aromatic carbocycles. The van der Waals surface area contributed by atoms with Crippen LogP contribution in [0.1, 0.15) is 0 Å². The summed E-state index contributed by atoms with van der Waals surface area (Å²) in [7, 11) is 0. The van der Waals surface area contributed by atoms with Crippen molar-refractivity contribution in [2.75, 3.05) is 0 Å². The Morgan fingerprint density at radius 3 is 1.31 bits per heavy atom. The van der Waals surface area contributed by atoms with Crippen LogP contribution in [0.4, 0.5) is 0 Å². The number of hydrogen-bond donors (Lipinski definition) is 0. The average molecular weight is 815 g/mol. The van der Waals surface area contributed by atoms with Gasteiger partial charge in [0.25, 0.3) is 6.71 Å². The van der Waals surface area contributed by atoms with Crippen molar-refractivity contribution < 1.29 is 13.9 Å². The van der Waals surface area contributed by atoms with Crippen LogP contribution >= 0.6 is 0 Å². The molecule has 0 saturated heterocycles. The first kappa shape index (κ1) is 34.1. The van der Waals surface area contributed by atoms with E-state index >= 15 is 0 Å². The van der Waals surface area contributed by atoms with Gasteiger partial charge in [0.2, 0.25) is 0 Å². The van der Waals surface area contributed by atoms with E-state index in [0.717, 1.165) is 83.6 Å². The molecule has 2 aliphatic rings. The molecule has 12 rings (SSSR count). The molecule has 0 amide bonds. The minimum absolute atomic E-state index is 0.0257. The van der Waals surface area contributed by atoms with Gasteiger partial charge in [-0.15, -0.1) is 0 Å². The summed E-state index contributed by atoms with van der Waals surface area (Å²) < 4.78 is 26.0. The zero-order chi connectivity index (χ0) is 38.9. The van der Waals surface area contributed by atoms with Crippen LogP contribution in [0.5, 0.6) is 23.0 Å². The Labute approximate surface area is 345 Å². The van der Waals surface area contributed by atoms with E-state index in [-0.39, 0.29) is 6.71 Å². The van der Waals surface area contributed by atoms with Gasteiger partial charge >= 0.3 is 270 Å². The monoisotopic (exact) mass is 816 g/mol. The molecular formula is C54H35BGeO3. The molecule has 2 aliphatic heterocycles. The Kier molecular flexibility index (Phi) is 7.82. The molecule has 1 aromatic heterocycles. The number of ether oxygens (including phenoxy) is 2. The van der Waals surface area contributed by atoms with Crippen molar-refractivity contribution in [2.24, 2.45) is 0 Å². The summed E-state index contributed by atoms with van der Waals surface area (Å²) in [6.45, 7) is 0.0257. The Morgan fingerprint density at radius 2 is 0.780 bits per heavy atom. The van der Waals surface area contributed by atoms with Gasteiger partial charge in [-0.2, -0.15) is 0 Å². The van der Waals surface area contributed by atoms with Gasteiger partial charge in [-0.3, -0.25) is 0 Å². The number of fused-ring (bicyclic) bond motifs is 7. The first-order chi connectivity index (χ1) is 29.3. The third kappa shape index (κ3) is 5.23. The van der Waals surface area contributed by atoms with Gasteiger partial charge in [0, 0.05) is 0 Å². The molecule has 276 valence electrons. The van der Waals surface area contributed by atoms with Crippen molar-refractivity contribution in [1.29, 1.82) is 0 Å². The van der Waals surface area contributed by atoms with Gasteiger partial charge in [0.1, 0.15) is 11.5 Å². The second-order valence-corrected chi connectivity index (χ2v) is 23.5. The number of benzene rings is 9. The number of furan rings is 1. The molecule has 0 N–H and O–H groups in total. The van der Waals surface area contributed by atoms with E-state index in [4.69, 9.17) is 13.9 Å². The normalized spacial score (nSPS) is 12.6. The van der Waals surface area contributed by atoms with Crippen LogP contribution < -0.4 is 43.4 Å². The number of para-hydroxylation sites is 4. The molecule has 0 fully saturated rings. The Bertz CT molecular complexity index is 3070. The fraction of sp³-hybridized carbons (Fsp3) is 0. The third-order valence-electron chi connectivity index (χ3n) is 12.4. The van der Waals surface area contributed by atoms with Crippen molar-refractivity contribution in [1.82, 2.24) is 0 Å². The zero-order valence-corrected chi connectivity index (χ0v) is 34.1. The van der Waals surface area contributed by atoms with Gasteiger partial charge in [-0.05, 0) is 23.1 Å². The number of rotatable bonds is 6. The van der Waals surface area contributed by atoms with Crippen LogP contribution in [0.2, 0.25) is 0 Å². The van der Waals surface area contributed by atoms with E-state index in [2.05, 4.69) is 200 Å². The van der Waals surface area contributed by atoms with E-state index in [9.17, 15) is 0 Å². The summed E-state index contributed by atoms with van der Waals surface area (Å²) in [5.74, 6) is 3.37. The standard InChI is InChI=1S/C54H35BGeO3/c1-4-18-38(19-5-1)56(39-20-6-2-7-21-39,40-22-8-3-9-23-40)41-24-14-17-36(33-41)42-25-15-27-44-45-28-16-26-43(54(45)59-53(42)44)37-34-50-52-51(35-37)58-49-32-13-11-30-47(49)55(52)46-29-10-12-31-48(46)57-50/h1-35H. The Hall–Kier alpha value is -7.01. The van der Waals surface area contributed by atoms with E-state index in [1.165, 1.54) is 17.6 Å². The molecule has 59 heavy (non-hydrogen) atoms. The summed E-state index contributed by atoms with van der Waals surface area (Å²) in [6, 6.07) is 76.7. The second-order valence-electron chi connectivity index (χ2n) is 15.5. The fourth-order valence-corrected chi connectivity index (χ4v) is 19.9. The van der Waals surface area contributed by atoms with Crippen LogP contribution in [-0.2, 0) is 0 Å². The van der Waals surface area contributed by atoms with Crippen molar-refractivity contribution in [3.8, 4) is 45.3 Å². The quantitative estimate of drug-likeness (QED) is 0.157. The first-order valence-corrected chi connectivity index (χ1v) is 24.4. The summed E-state index contributed by atoms with van der Waals surface area (Å²) in [5.41, 5.74) is 9.26. The van der Waals surface area contributed by atoms with Crippen molar-refractivity contribution in [2.45, 2.75) is 0 Å². The molecule has 0 saturated carbocycles. The van der Waals surface area contributed by atoms with Crippen LogP contribution in [0.3, 0.4) is 0 Å². The second kappa shape index (κ2) is 13.5. The van der Waals surface area contributed by atoms with Crippen LogP contribution in [0.15, 0.2) is 217 Å². The Morgan fingerprint density at radius 1 is 0.339 bits per heavy atom. The van der Waals surface area contributed by atoms with Gasteiger partial charge < -0.3 is 0 Å². The van der Waals surface area contributed by atoms with E-state index < -0.39 is 13.3 Å². The summed E-state index contributed by atoms with van der Waals surface area (Å²) in [5, 5.41) is 2.16. The van der Waals surface area contributed by atoms with Crippen molar-refractivity contribution in [3.63, 3.8) is 0 Å². The summed E-state index contributed by atoms with van der Waals surface area (Å²) in [6.07, 6.45) is 0. The molecule has 3 nitrogen and oxygen atoms in total. The molecule has 0 unspecified atom stereocenters. The maximum absolute atomic E-state index is 7.10. The van der Waals surface area contributed by atoms with Gasteiger partial charge in [-0.25, -0.2) is 0 Å².